The first-order valence-corrected chi connectivity index (χ1v) is 10.9. The Hall–Kier alpha value is -4.24. The highest BCUT2D eigenvalue weighted by molar-refractivity contribution is 7.71. The van der Waals surface area contributed by atoms with Crippen LogP contribution in [0.1, 0.15) is 6.92 Å². The fourth-order valence-corrected chi connectivity index (χ4v) is 3.70. The molecule has 0 bridgehead atoms. The molecule has 1 N–H and O–H groups in total. The van der Waals surface area contributed by atoms with Gasteiger partial charge in [0.2, 0.25) is 11.6 Å². The molecule has 3 aromatic carbocycles. The number of ether oxygens (including phenoxy) is 2. The summed E-state index contributed by atoms with van der Waals surface area (Å²) in [5.41, 5.74) is 0.727. The molecule has 0 atom stereocenters. The van der Waals surface area contributed by atoms with Crippen molar-refractivity contribution in [1.29, 1.82) is 0 Å². The van der Waals surface area contributed by atoms with E-state index in [2.05, 4.69) is 10.2 Å². The third kappa shape index (κ3) is 4.60. The topological polar surface area (TPSA) is 90.3 Å². The van der Waals surface area contributed by atoms with Crippen molar-refractivity contribution in [1.82, 2.24) is 9.13 Å². The lowest BCUT2D eigenvalue weighted by Crippen LogP contribution is -2.23. The molecule has 0 fully saturated rings. The number of methoxy groups -OCH3 is 1. The van der Waals surface area contributed by atoms with Crippen molar-refractivity contribution in [2.75, 3.05) is 13.7 Å². The summed E-state index contributed by atoms with van der Waals surface area (Å²) in [6.07, 6.45) is 0. The number of aromatic hydroxyl groups is 1. The molecule has 0 saturated heterocycles. The van der Waals surface area contributed by atoms with Crippen LogP contribution in [-0.4, -0.2) is 28.0 Å². The minimum absolute atomic E-state index is 0.0823. The molecule has 8 nitrogen and oxygen atoms in total. The number of azo groups is 1. The monoisotopic (exact) mass is 474 g/mol. The van der Waals surface area contributed by atoms with Gasteiger partial charge in [0.15, 0.2) is 4.77 Å². The molecule has 0 saturated carbocycles. The SMILES string of the molecule is CCOc1ccc(N=Nc2c(O)n(-c3ccc(OC)cc3)c(=S)n(-c3ccccc3)c2=O)cc1. The van der Waals surface area contributed by atoms with Crippen LogP contribution in [0.15, 0.2) is 93.9 Å². The molecule has 34 heavy (non-hydrogen) atoms. The van der Waals surface area contributed by atoms with Crippen molar-refractivity contribution in [2.24, 2.45) is 10.2 Å². The summed E-state index contributed by atoms with van der Waals surface area (Å²) >= 11 is 5.62. The van der Waals surface area contributed by atoms with Crippen LogP contribution >= 0.6 is 12.2 Å². The fraction of sp³-hybridized carbons (Fsp3) is 0.120. The maximum absolute atomic E-state index is 13.4. The molecular formula is C25H22N4O4S. The van der Waals surface area contributed by atoms with Gasteiger partial charge in [-0.25, -0.2) is 0 Å². The summed E-state index contributed by atoms with van der Waals surface area (Å²) < 4.78 is 13.4. The van der Waals surface area contributed by atoms with E-state index in [0.717, 1.165) is 0 Å². The summed E-state index contributed by atoms with van der Waals surface area (Å²) in [7, 11) is 1.56. The van der Waals surface area contributed by atoms with Crippen LogP contribution in [0.2, 0.25) is 0 Å². The van der Waals surface area contributed by atoms with Crippen LogP contribution in [0.3, 0.4) is 0 Å². The number of para-hydroxylation sites is 1. The van der Waals surface area contributed by atoms with E-state index in [4.69, 9.17) is 21.7 Å². The Bertz CT molecular complexity index is 1430. The van der Waals surface area contributed by atoms with Crippen molar-refractivity contribution in [2.45, 2.75) is 6.92 Å². The minimum atomic E-state index is -0.590. The molecule has 9 heteroatoms. The van der Waals surface area contributed by atoms with Gasteiger partial charge < -0.3 is 14.6 Å². The average Bonchev–Trinajstić information content (AvgIpc) is 2.86. The first-order chi connectivity index (χ1) is 16.5. The zero-order valence-corrected chi connectivity index (χ0v) is 19.4. The second-order valence-electron chi connectivity index (χ2n) is 7.09. The smallest absolute Gasteiger partial charge is 0.290 e. The van der Waals surface area contributed by atoms with Crippen molar-refractivity contribution in [3.8, 4) is 28.8 Å². The molecule has 0 aliphatic heterocycles. The molecule has 0 radical (unpaired) electrons. The number of rotatable bonds is 7. The van der Waals surface area contributed by atoms with Crippen molar-refractivity contribution < 1.29 is 14.6 Å². The van der Waals surface area contributed by atoms with Gasteiger partial charge in [-0.05, 0) is 79.8 Å². The standard InChI is InChI=1S/C25H22N4O4S/c1-3-33-21-13-9-17(10-14-21)26-27-22-23(30)28(18-7-5-4-6-8-18)25(34)29(24(22)31)19-11-15-20(32-2)16-12-19/h4-16,31H,3H2,1-2H3. The molecule has 0 amide bonds. The summed E-state index contributed by atoms with van der Waals surface area (Å²) in [4.78, 5) is 13.4. The van der Waals surface area contributed by atoms with E-state index in [9.17, 15) is 9.90 Å². The van der Waals surface area contributed by atoms with E-state index in [1.807, 2.05) is 13.0 Å². The van der Waals surface area contributed by atoms with Crippen LogP contribution in [0, 0.1) is 4.77 Å². The van der Waals surface area contributed by atoms with E-state index >= 15 is 0 Å². The Balaban J connectivity index is 1.90. The Kier molecular flexibility index (Phi) is 6.84. The molecule has 1 aromatic heterocycles. The molecule has 172 valence electrons. The van der Waals surface area contributed by atoms with Crippen LogP contribution in [-0.2, 0) is 0 Å². The van der Waals surface area contributed by atoms with Gasteiger partial charge in [0.1, 0.15) is 11.5 Å². The van der Waals surface area contributed by atoms with E-state index < -0.39 is 11.4 Å². The first kappa shape index (κ1) is 22.9. The van der Waals surface area contributed by atoms with Gasteiger partial charge in [-0.2, -0.15) is 5.11 Å². The largest absolute Gasteiger partial charge is 0.497 e. The highest BCUT2D eigenvalue weighted by atomic mass is 32.1. The Morgan fingerprint density at radius 1 is 0.853 bits per heavy atom. The maximum atomic E-state index is 13.4. The summed E-state index contributed by atoms with van der Waals surface area (Å²) in [5, 5.41) is 19.3. The second kappa shape index (κ2) is 10.1. The lowest BCUT2D eigenvalue weighted by molar-refractivity contribution is 0.340. The van der Waals surface area contributed by atoms with Gasteiger partial charge in [0.05, 0.1) is 30.8 Å². The van der Waals surface area contributed by atoms with Crippen LogP contribution in [0.5, 0.6) is 17.4 Å². The third-order valence-corrected chi connectivity index (χ3v) is 5.34. The zero-order valence-electron chi connectivity index (χ0n) is 18.6. The normalized spacial score (nSPS) is 11.0. The van der Waals surface area contributed by atoms with Gasteiger partial charge in [-0.15, -0.1) is 5.11 Å². The molecule has 4 aromatic rings. The van der Waals surface area contributed by atoms with Crippen LogP contribution in [0.25, 0.3) is 11.4 Å². The molecular weight excluding hydrogens is 452 g/mol. The van der Waals surface area contributed by atoms with E-state index in [1.54, 1.807) is 79.9 Å². The predicted molar refractivity (Wildman–Crippen MR) is 132 cm³/mol. The Labute approximate surface area is 201 Å². The van der Waals surface area contributed by atoms with Crippen LogP contribution in [0.4, 0.5) is 11.4 Å². The van der Waals surface area contributed by atoms with Gasteiger partial charge in [0.25, 0.3) is 5.56 Å². The molecule has 0 aliphatic rings. The van der Waals surface area contributed by atoms with E-state index in [1.165, 1.54) is 9.13 Å². The molecule has 0 spiro atoms. The molecule has 0 aliphatic carbocycles. The van der Waals surface area contributed by atoms with Gasteiger partial charge in [0, 0.05) is 0 Å². The quantitative estimate of drug-likeness (QED) is 0.267. The average molecular weight is 475 g/mol. The highest BCUT2D eigenvalue weighted by Crippen LogP contribution is 2.30. The zero-order chi connectivity index (χ0) is 24.1. The number of hydrogen-bond acceptors (Lipinski definition) is 7. The molecule has 1 heterocycles. The second-order valence-corrected chi connectivity index (χ2v) is 7.46. The lowest BCUT2D eigenvalue weighted by Gasteiger charge is -2.16. The van der Waals surface area contributed by atoms with Gasteiger partial charge in [-0.1, -0.05) is 18.2 Å². The summed E-state index contributed by atoms with van der Waals surface area (Å²) in [6.45, 7) is 2.45. The predicted octanol–water partition coefficient (Wildman–Crippen LogP) is 5.89. The number of benzene rings is 3. The first-order valence-electron chi connectivity index (χ1n) is 10.5. The number of aromatic nitrogens is 2. The van der Waals surface area contributed by atoms with Crippen molar-refractivity contribution >= 4 is 23.6 Å². The Morgan fingerprint density at radius 2 is 1.47 bits per heavy atom. The fourth-order valence-electron chi connectivity index (χ4n) is 3.32. The number of hydrogen-bond donors (Lipinski definition) is 1. The number of nitrogens with zero attached hydrogens (tertiary/aromatic N) is 4. The van der Waals surface area contributed by atoms with Gasteiger partial charge >= 0.3 is 0 Å². The summed E-state index contributed by atoms with van der Waals surface area (Å²) in [6, 6.07) is 22.8. The summed E-state index contributed by atoms with van der Waals surface area (Å²) in [5.74, 6) is 0.923. The minimum Gasteiger partial charge on any atom is -0.497 e. The Morgan fingerprint density at radius 3 is 2.09 bits per heavy atom. The molecule has 0 unspecified atom stereocenters. The van der Waals surface area contributed by atoms with E-state index in [0.29, 0.717) is 35.2 Å². The molecule has 4 rings (SSSR count). The van der Waals surface area contributed by atoms with Gasteiger partial charge in [-0.3, -0.25) is 13.9 Å². The van der Waals surface area contributed by atoms with Crippen molar-refractivity contribution in [3.05, 3.63) is 94.0 Å². The third-order valence-electron chi connectivity index (χ3n) is 4.97. The van der Waals surface area contributed by atoms with Crippen LogP contribution < -0.4 is 15.0 Å². The van der Waals surface area contributed by atoms with Crippen molar-refractivity contribution in [3.63, 3.8) is 0 Å². The maximum Gasteiger partial charge on any atom is 0.290 e. The highest BCUT2D eigenvalue weighted by Gasteiger charge is 2.19. The lowest BCUT2D eigenvalue weighted by atomic mass is 10.3. The van der Waals surface area contributed by atoms with E-state index in [-0.39, 0.29) is 10.5 Å².